The van der Waals surface area contributed by atoms with Gasteiger partial charge in [0.2, 0.25) is 5.91 Å². The number of nitrogens with zero attached hydrogens (tertiary/aromatic N) is 1. The van der Waals surface area contributed by atoms with Gasteiger partial charge < -0.3 is 14.8 Å². The molecule has 0 saturated heterocycles. The average molecular weight is 483 g/mol. The van der Waals surface area contributed by atoms with E-state index in [1.165, 1.54) is 32.4 Å². The molecule has 34 heavy (non-hydrogen) atoms. The van der Waals surface area contributed by atoms with E-state index in [9.17, 15) is 13.2 Å². The van der Waals surface area contributed by atoms with E-state index in [1.807, 2.05) is 56.3 Å². The van der Waals surface area contributed by atoms with E-state index in [4.69, 9.17) is 9.47 Å². The van der Waals surface area contributed by atoms with E-state index in [0.717, 1.165) is 15.4 Å². The van der Waals surface area contributed by atoms with E-state index in [2.05, 4.69) is 5.32 Å². The van der Waals surface area contributed by atoms with E-state index < -0.39 is 15.9 Å². The number of carbonyl (C=O) groups is 1. The Morgan fingerprint density at radius 1 is 0.941 bits per heavy atom. The minimum absolute atomic E-state index is 0.00354. The second-order valence-electron chi connectivity index (χ2n) is 7.98. The van der Waals surface area contributed by atoms with E-state index in [1.54, 1.807) is 12.1 Å². The van der Waals surface area contributed by atoms with Crippen LogP contribution in [-0.2, 0) is 14.8 Å². The Hall–Kier alpha value is -3.52. The monoisotopic (exact) mass is 482 g/mol. The van der Waals surface area contributed by atoms with E-state index in [0.29, 0.717) is 18.0 Å². The molecule has 0 fully saturated rings. The number of rotatable bonds is 10. The van der Waals surface area contributed by atoms with Gasteiger partial charge in [0, 0.05) is 12.6 Å². The Bertz CT molecular complexity index is 1210. The van der Waals surface area contributed by atoms with Crippen molar-refractivity contribution in [3.8, 4) is 11.5 Å². The molecule has 180 valence electrons. The second-order valence-corrected chi connectivity index (χ2v) is 9.84. The summed E-state index contributed by atoms with van der Waals surface area (Å²) in [5.41, 5.74) is 2.47. The molecule has 0 aliphatic rings. The zero-order valence-electron chi connectivity index (χ0n) is 19.8. The Labute approximate surface area is 201 Å². The van der Waals surface area contributed by atoms with Gasteiger partial charge in [0.25, 0.3) is 10.0 Å². The van der Waals surface area contributed by atoms with Crippen LogP contribution < -0.4 is 19.1 Å². The van der Waals surface area contributed by atoms with Crippen molar-refractivity contribution in [2.45, 2.75) is 24.7 Å². The van der Waals surface area contributed by atoms with Gasteiger partial charge in [0.1, 0.15) is 6.54 Å². The van der Waals surface area contributed by atoms with Gasteiger partial charge in [-0.15, -0.1) is 0 Å². The third kappa shape index (κ3) is 5.88. The number of ether oxygens (including phenoxy) is 2. The zero-order chi connectivity index (χ0) is 24.7. The molecular weight excluding hydrogens is 452 g/mol. The summed E-state index contributed by atoms with van der Waals surface area (Å²) in [5.74, 6) is 0.386. The molecule has 3 aromatic rings. The standard InChI is InChI=1S/C26H30N2O5S/c1-19-10-12-22(13-11-19)28(18-26(29)27-17-20(2)21-8-6-5-7-9-21)34(30,31)23-14-15-24(32-3)25(16-23)33-4/h5-16,20H,17-18H2,1-4H3,(H,27,29). The van der Waals surface area contributed by atoms with Crippen LogP contribution >= 0.6 is 0 Å². The molecule has 0 spiro atoms. The normalized spacial score (nSPS) is 12.0. The van der Waals surface area contributed by atoms with Gasteiger partial charge >= 0.3 is 0 Å². The lowest BCUT2D eigenvalue weighted by molar-refractivity contribution is -0.119. The number of hydrogen-bond donors (Lipinski definition) is 1. The molecule has 0 aromatic heterocycles. The number of hydrogen-bond acceptors (Lipinski definition) is 5. The smallest absolute Gasteiger partial charge is 0.264 e. The average Bonchev–Trinajstić information content (AvgIpc) is 2.86. The predicted molar refractivity (Wildman–Crippen MR) is 133 cm³/mol. The van der Waals surface area contributed by atoms with Crippen molar-refractivity contribution in [2.75, 3.05) is 31.6 Å². The van der Waals surface area contributed by atoms with Gasteiger partial charge in [-0.2, -0.15) is 0 Å². The molecule has 0 aliphatic carbocycles. The minimum atomic E-state index is -4.07. The largest absolute Gasteiger partial charge is 0.493 e. The van der Waals surface area contributed by atoms with Gasteiger partial charge in [-0.25, -0.2) is 8.42 Å². The molecular formula is C26H30N2O5S. The summed E-state index contributed by atoms with van der Waals surface area (Å²) in [4.78, 5) is 12.9. The predicted octanol–water partition coefficient (Wildman–Crippen LogP) is 4.13. The van der Waals surface area contributed by atoms with Crippen LogP contribution in [0.4, 0.5) is 5.69 Å². The molecule has 7 nitrogen and oxygen atoms in total. The Kier molecular flexibility index (Phi) is 8.17. The highest BCUT2D eigenvalue weighted by atomic mass is 32.2. The fraction of sp³-hybridized carbons (Fsp3) is 0.269. The zero-order valence-corrected chi connectivity index (χ0v) is 20.6. The summed E-state index contributed by atoms with van der Waals surface area (Å²) >= 11 is 0. The third-order valence-electron chi connectivity index (χ3n) is 5.53. The van der Waals surface area contributed by atoms with E-state index >= 15 is 0 Å². The maximum absolute atomic E-state index is 13.6. The van der Waals surface area contributed by atoms with Crippen LogP contribution in [0, 0.1) is 6.92 Å². The first kappa shape index (κ1) is 25.1. The Morgan fingerprint density at radius 3 is 2.21 bits per heavy atom. The lowest BCUT2D eigenvalue weighted by Gasteiger charge is -2.25. The summed E-state index contributed by atoms with van der Waals surface area (Å²) in [7, 11) is -1.16. The number of aryl methyl sites for hydroxylation is 1. The van der Waals surface area contributed by atoms with Crippen molar-refractivity contribution < 1.29 is 22.7 Å². The highest BCUT2D eigenvalue weighted by molar-refractivity contribution is 7.92. The van der Waals surface area contributed by atoms with Crippen molar-refractivity contribution in [3.63, 3.8) is 0 Å². The van der Waals surface area contributed by atoms with E-state index in [-0.39, 0.29) is 23.1 Å². The van der Waals surface area contributed by atoms with Crippen LogP contribution in [0.25, 0.3) is 0 Å². The number of sulfonamides is 1. The summed E-state index contributed by atoms with van der Waals surface area (Å²) in [6.45, 7) is 3.95. The minimum Gasteiger partial charge on any atom is -0.493 e. The quantitative estimate of drug-likeness (QED) is 0.470. The first-order chi connectivity index (χ1) is 16.3. The number of methoxy groups -OCH3 is 2. The molecule has 1 amide bonds. The maximum atomic E-state index is 13.6. The number of nitrogens with one attached hydrogen (secondary N) is 1. The SMILES string of the molecule is COc1ccc(S(=O)(=O)N(CC(=O)NCC(C)c2ccccc2)c2ccc(C)cc2)cc1OC. The number of benzene rings is 3. The number of anilines is 1. The fourth-order valence-electron chi connectivity index (χ4n) is 3.48. The molecule has 0 bridgehead atoms. The van der Waals surface area contributed by atoms with Gasteiger partial charge in [0.05, 0.1) is 24.8 Å². The lowest BCUT2D eigenvalue weighted by atomic mass is 10.0. The molecule has 0 heterocycles. The van der Waals surface area contributed by atoms with Crippen LogP contribution in [0.5, 0.6) is 11.5 Å². The van der Waals surface area contributed by atoms with Crippen LogP contribution in [0.15, 0.2) is 77.7 Å². The lowest BCUT2D eigenvalue weighted by Crippen LogP contribution is -2.41. The van der Waals surface area contributed by atoms with Crippen LogP contribution in [0.3, 0.4) is 0 Å². The molecule has 0 aliphatic heterocycles. The highest BCUT2D eigenvalue weighted by Gasteiger charge is 2.28. The molecule has 8 heteroatoms. The Morgan fingerprint density at radius 2 is 1.59 bits per heavy atom. The third-order valence-corrected chi connectivity index (χ3v) is 7.30. The summed E-state index contributed by atoms with van der Waals surface area (Å²) in [6.07, 6.45) is 0. The van der Waals surface area contributed by atoms with Gasteiger partial charge in [-0.05, 0) is 42.7 Å². The van der Waals surface area contributed by atoms with Crippen molar-refractivity contribution in [1.29, 1.82) is 0 Å². The highest BCUT2D eigenvalue weighted by Crippen LogP contribution is 2.32. The fourth-order valence-corrected chi connectivity index (χ4v) is 4.92. The van der Waals surface area contributed by atoms with Crippen LogP contribution in [0.1, 0.15) is 24.0 Å². The van der Waals surface area contributed by atoms with Crippen molar-refractivity contribution in [1.82, 2.24) is 5.32 Å². The first-order valence-electron chi connectivity index (χ1n) is 10.9. The molecule has 3 rings (SSSR count). The van der Waals surface area contributed by atoms with Crippen molar-refractivity contribution in [2.24, 2.45) is 0 Å². The summed E-state index contributed by atoms with van der Waals surface area (Å²) in [5, 5.41) is 2.87. The molecule has 0 saturated carbocycles. The number of carbonyl (C=O) groups excluding carboxylic acids is 1. The molecule has 1 N–H and O–H groups in total. The Balaban J connectivity index is 1.87. The summed E-state index contributed by atoms with van der Waals surface area (Å²) < 4.78 is 38.9. The van der Waals surface area contributed by atoms with Crippen LogP contribution in [-0.4, -0.2) is 41.6 Å². The van der Waals surface area contributed by atoms with Gasteiger partial charge in [0.15, 0.2) is 11.5 Å². The second kappa shape index (κ2) is 11.1. The molecule has 3 aromatic carbocycles. The number of amides is 1. The molecule has 0 radical (unpaired) electrons. The van der Waals surface area contributed by atoms with Crippen LogP contribution in [0.2, 0.25) is 0 Å². The topological polar surface area (TPSA) is 84.9 Å². The van der Waals surface area contributed by atoms with Crippen molar-refractivity contribution >= 4 is 21.6 Å². The van der Waals surface area contributed by atoms with Gasteiger partial charge in [-0.1, -0.05) is 55.0 Å². The van der Waals surface area contributed by atoms with Crippen molar-refractivity contribution in [3.05, 3.63) is 83.9 Å². The molecule has 1 unspecified atom stereocenters. The maximum Gasteiger partial charge on any atom is 0.264 e. The van der Waals surface area contributed by atoms with Gasteiger partial charge in [-0.3, -0.25) is 9.10 Å². The summed E-state index contributed by atoms with van der Waals surface area (Å²) in [6, 6.07) is 21.2. The molecule has 1 atom stereocenters. The first-order valence-corrected chi connectivity index (χ1v) is 12.3.